The molecule has 3 atom stereocenters. The van der Waals surface area contributed by atoms with Gasteiger partial charge < -0.3 is 25.2 Å². The minimum Gasteiger partial charge on any atom is -0.480 e. The second-order valence-electron chi connectivity index (χ2n) is 13.8. The molecule has 0 rings (SSSR count). The standard InChI is InChI=1S/C39H74NO10P/c1-3-5-7-9-11-13-15-17-19-20-22-24-26-28-30-37(42)40-36(39(44)45)34-50-51(46,47)49-33-35(41)32-48-38(43)31-29-27-25-23-21-18-16-14-12-10-8-6-4-2/h14,16,35-36,41H,3-13,15,17-34H2,1-2H3,(H,40,42)(H,44,45)(H,46,47)/b16-14-. The number of unbranched alkanes of at least 4 members (excludes halogenated alkanes) is 22. The summed E-state index contributed by atoms with van der Waals surface area (Å²) in [7, 11) is -4.75. The van der Waals surface area contributed by atoms with Crippen molar-refractivity contribution >= 4 is 25.7 Å². The molecule has 0 heterocycles. The Labute approximate surface area is 309 Å². The lowest BCUT2D eigenvalue weighted by Gasteiger charge is -2.18. The maximum atomic E-state index is 12.3. The highest BCUT2D eigenvalue weighted by Crippen LogP contribution is 2.43. The van der Waals surface area contributed by atoms with Crippen LogP contribution >= 0.6 is 7.82 Å². The number of carboxylic acids is 1. The maximum Gasteiger partial charge on any atom is 0.472 e. The van der Waals surface area contributed by atoms with E-state index in [1.54, 1.807) is 0 Å². The number of esters is 1. The van der Waals surface area contributed by atoms with Gasteiger partial charge >= 0.3 is 19.8 Å². The van der Waals surface area contributed by atoms with E-state index in [0.29, 0.717) is 12.8 Å². The van der Waals surface area contributed by atoms with E-state index in [9.17, 15) is 34.1 Å². The average Bonchev–Trinajstić information content (AvgIpc) is 3.10. The van der Waals surface area contributed by atoms with Gasteiger partial charge in [0.25, 0.3) is 0 Å². The third-order valence-electron chi connectivity index (χ3n) is 8.80. The normalized spacial score (nSPS) is 14.0. The first-order chi connectivity index (χ1) is 24.6. The predicted octanol–water partition coefficient (Wildman–Crippen LogP) is 9.72. The van der Waals surface area contributed by atoms with Crippen molar-refractivity contribution in [2.45, 2.75) is 199 Å². The quantitative estimate of drug-likeness (QED) is 0.0206. The van der Waals surface area contributed by atoms with Crippen LogP contribution in [0, 0.1) is 0 Å². The summed E-state index contributed by atoms with van der Waals surface area (Å²) < 4.78 is 26.7. The molecule has 0 aromatic rings. The van der Waals surface area contributed by atoms with Crippen molar-refractivity contribution in [2.75, 3.05) is 19.8 Å². The lowest BCUT2D eigenvalue weighted by molar-refractivity contribution is -0.147. The van der Waals surface area contributed by atoms with Crippen LogP contribution in [0.4, 0.5) is 0 Å². The first-order valence-electron chi connectivity index (χ1n) is 20.2. The zero-order valence-electron chi connectivity index (χ0n) is 32.2. The number of nitrogens with one attached hydrogen (secondary N) is 1. The Morgan fingerprint density at radius 2 is 1.02 bits per heavy atom. The monoisotopic (exact) mass is 748 g/mol. The van der Waals surface area contributed by atoms with Gasteiger partial charge in [-0.1, -0.05) is 148 Å². The van der Waals surface area contributed by atoms with Crippen LogP contribution < -0.4 is 5.32 Å². The van der Waals surface area contributed by atoms with Gasteiger partial charge in [-0.25, -0.2) is 9.36 Å². The van der Waals surface area contributed by atoms with E-state index in [2.05, 4.69) is 31.3 Å². The lowest BCUT2D eigenvalue weighted by atomic mass is 10.0. The highest BCUT2D eigenvalue weighted by Gasteiger charge is 2.28. The summed E-state index contributed by atoms with van der Waals surface area (Å²) in [6, 6.07) is -1.54. The van der Waals surface area contributed by atoms with Crippen LogP contribution in [0.2, 0.25) is 0 Å². The van der Waals surface area contributed by atoms with E-state index in [-0.39, 0.29) is 12.8 Å². The number of amides is 1. The molecule has 0 saturated heterocycles. The molecule has 12 heteroatoms. The van der Waals surface area contributed by atoms with Gasteiger partial charge in [-0.05, 0) is 38.5 Å². The van der Waals surface area contributed by atoms with E-state index in [1.807, 2.05) is 0 Å². The Kier molecular flexibility index (Phi) is 34.0. The number of phosphoric ester groups is 1. The molecule has 0 aliphatic carbocycles. The molecule has 0 spiro atoms. The molecular weight excluding hydrogens is 673 g/mol. The zero-order chi connectivity index (χ0) is 37.8. The van der Waals surface area contributed by atoms with Crippen molar-refractivity contribution in [3.8, 4) is 0 Å². The lowest BCUT2D eigenvalue weighted by Crippen LogP contribution is -2.43. The van der Waals surface area contributed by atoms with E-state index in [4.69, 9.17) is 13.8 Å². The molecule has 0 fully saturated rings. The topological polar surface area (TPSA) is 169 Å². The summed E-state index contributed by atoms with van der Waals surface area (Å²) >= 11 is 0. The molecule has 0 saturated carbocycles. The number of phosphoric acid groups is 1. The number of carbonyl (C=O) groups excluding carboxylic acids is 2. The van der Waals surface area contributed by atoms with Crippen LogP contribution in [0.15, 0.2) is 12.2 Å². The fourth-order valence-corrected chi connectivity index (χ4v) is 6.38. The van der Waals surface area contributed by atoms with Crippen molar-refractivity contribution < 1.29 is 47.8 Å². The van der Waals surface area contributed by atoms with Gasteiger partial charge in [-0.2, -0.15) is 0 Å². The number of hydrogen-bond acceptors (Lipinski definition) is 8. The Morgan fingerprint density at radius 3 is 1.51 bits per heavy atom. The van der Waals surface area contributed by atoms with Crippen LogP contribution in [0.1, 0.15) is 187 Å². The molecule has 0 bridgehead atoms. The number of ether oxygens (including phenoxy) is 1. The summed E-state index contributed by atoms with van der Waals surface area (Å²) in [5, 5.41) is 21.8. The van der Waals surface area contributed by atoms with Crippen molar-refractivity contribution in [3.05, 3.63) is 12.2 Å². The number of aliphatic carboxylic acids is 1. The Hall–Kier alpha value is -1.78. The van der Waals surface area contributed by atoms with Crippen molar-refractivity contribution in [3.63, 3.8) is 0 Å². The molecule has 0 aromatic heterocycles. The smallest absolute Gasteiger partial charge is 0.472 e. The van der Waals surface area contributed by atoms with Crippen molar-refractivity contribution in [2.24, 2.45) is 0 Å². The number of hydrogen-bond donors (Lipinski definition) is 4. The first kappa shape index (κ1) is 49.2. The zero-order valence-corrected chi connectivity index (χ0v) is 33.1. The van der Waals surface area contributed by atoms with Crippen LogP contribution in [-0.2, 0) is 32.7 Å². The maximum absolute atomic E-state index is 12.3. The minimum absolute atomic E-state index is 0.150. The van der Waals surface area contributed by atoms with Crippen molar-refractivity contribution in [1.29, 1.82) is 0 Å². The van der Waals surface area contributed by atoms with Gasteiger partial charge in [0, 0.05) is 12.8 Å². The number of rotatable bonds is 38. The Balaban J connectivity index is 3.94. The molecule has 0 radical (unpaired) electrons. The van der Waals surface area contributed by atoms with Crippen LogP contribution in [0.25, 0.3) is 0 Å². The number of aliphatic hydroxyl groups is 1. The predicted molar refractivity (Wildman–Crippen MR) is 203 cm³/mol. The minimum atomic E-state index is -4.75. The first-order valence-corrected chi connectivity index (χ1v) is 21.7. The SMILES string of the molecule is CCCCCC/C=C\CCCCCCCC(=O)OCC(O)COP(=O)(O)OCC(NC(=O)CCCCCCCCCCCCCCCC)C(=O)O. The van der Waals surface area contributed by atoms with Gasteiger partial charge in [0.15, 0.2) is 6.04 Å². The second-order valence-corrected chi connectivity index (χ2v) is 15.3. The van der Waals surface area contributed by atoms with Gasteiger partial charge in [-0.15, -0.1) is 0 Å². The average molecular weight is 748 g/mol. The van der Waals surface area contributed by atoms with Crippen molar-refractivity contribution in [1.82, 2.24) is 5.32 Å². The summed E-state index contributed by atoms with van der Waals surface area (Å²) in [6.07, 6.45) is 32.3. The molecule has 3 unspecified atom stereocenters. The molecule has 300 valence electrons. The number of carbonyl (C=O) groups is 3. The van der Waals surface area contributed by atoms with Gasteiger partial charge in [0.05, 0.1) is 13.2 Å². The van der Waals surface area contributed by atoms with E-state index in [0.717, 1.165) is 57.8 Å². The molecule has 51 heavy (non-hydrogen) atoms. The van der Waals surface area contributed by atoms with E-state index >= 15 is 0 Å². The fourth-order valence-electron chi connectivity index (χ4n) is 5.60. The molecule has 11 nitrogen and oxygen atoms in total. The summed E-state index contributed by atoms with van der Waals surface area (Å²) in [5.74, 6) is -2.37. The van der Waals surface area contributed by atoms with Gasteiger partial charge in [-0.3, -0.25) is 18.6 Å². The summed E-state index contributed by atoms with van der Waals surface area (Å²) in [4.78, 5) is 45.7. The third-order valence-corrected chi connectivity index (χ3v) is 9.76. The summed E-state index contributed by atoms with van der Waals surface area (Å²) in [5.41, 5.74) is 0. The molecule has 1 amide bonds. The molecule has 4 N–H and O–H groups in total. The van der Waals surface area contributed by atoms with Crippen LogP contribution in [0.5, 0.6) is 0 Å². The molecule has 0 aromatic carbocycles. The Bertz CT molecular complexity index is 932. The number of allylic oxidation sites excluding steroid dienone is 2. The summed E-state index contributed by atoms with van der Waals surface area (Å²) in [6.45, 7) is 2.56. The van der Waals surface area contributed by atoms with Gasteiger partial charge in [0.2, 0.25) is 5.91 Å². The fraction of sp³-hybridized carbons (Fsp3) is 0.872. The highest BCUT2D eigenvalue weighted by molar-refractivity contribution is 7.47. The van der Waals surface area contributed by atoms with E-state index < -0.39 is 57.6 Å². The van der Waals surface area contributed by atoms with Crippen LogP contribution in [0.3, 0.4) is 0 Å². The number of aliphatic hydroxyl groups excluding tert-OH is 1. The number of carboxylic acid groups (broad SMARTS) is 1. The third kappa shape index (κ3) is 35.0. The molecule has 0 aliphatic heterocycles. The largest absolute Gasteiger partial charge is 0.480 e. The van der Waals surface area contributed by atoms with Crippen LogP contribution in [-0.4, -0.2) is 64.9 Å². The van der Waals surface area contributed by atoms with E-state index in [1.165, 1.54) is 89.9 Å². The highest BCUT2D eigenvalue weighted by atomic mass is 31.2. The molecule has 0 aliphatic rings. The molecular formula is C39H74NO10P. The Morgan fingerprint density at radius 1 is 0.608 bits per heavy atom. The van der Waals surface area contributed by atoms with Gasteiger partial charge in [0.1, 0.15) is 12.7 Å². The second kappa shape index (κ2) is 35.3.